The molecule has 2 unspecified atom stereocenters. The molecule has 0 saturated carbocycles. The van der Waals surface area contributed by atoms with E-state index in [0.29, 0.717) is 39.0 Å². The summed E-state index contributed by atoms with van der Waals surface area (Å²) < 4.78 is 11.1. The van der Waals surface area contributed by atoms with Crippen LogP contribution in [-0.4, -0.2) is 147 Å². The van der Waals surface area contributed by atoms with E-state index in [4.69, 9.17) is 9.47 Å². The maximum absolute atomic E-state index is 13.8. The number of unbranched alkanes of at least 4 members (excludes halogenated alkanes) is 19. The lowest BCUT2D eigenvalue weighted by atomic mass is 9.99. The van der Waals surface area contributed by atoms with Crippen molar-refractivity contribution in [2.24, 2.45) is 11.8 Å². The Balaban J connectivity index is 1.85. The number of rotatable bonds is 41. The van der Waals surface area contributed by atoms with Crippen molar-refractivity contribution in [3.63, 3.8) is 0 Å². The minimum absolute atomic E-state index is 0.00428. The summed E-state index contributed by atoms with van der Waals surface area (Å²) in [7, 11) is 0. The highest BCUT2D eigenvalue weighted by molar-refractivity contribution is 5.88. The van der Waals surface area contributed by atoms with Crippen LogP contribution in [0.4, 0.5) is 0 Å². The molecule has 0 spiro atoms. The molecule has 2 heterocycles. The fourth-order valence-electron chi connectivity index (χ4n) is 9.72. The van der Waals surface area contributed by atoms with E-state index in [-0.39, 0.29) is 35.5 Å². The highest BCUT2D eigenvalue weighted by atomic mass is 16.5. The predicted molar refractivity (Wildman–Crippen MR) is 273 cm³/mol. The van der Waals surface area contributed by atoms with Crippen molar-refractivity contribution in [1.29, 1.82) is 0 Å². The van der Waals surface area contributed by atoms with Crippen LogP contribution in [0.1, 0.15) is 208 Å². The SMILES string of the molecule is CCCCCCCCCCCC(=O)N(CCCN1CCOCC1)C(C(=O)NCCCCCCNC(=O)C(C(C)C)N(CCCN1CCOCC1)C(=O)CCCCCCCCCCC)C(C)C. The van der Waals surface area contributed by atoms with Crippen molar-refractivity contribution in [1.82, 2.24) is 30.2 Å². The Bertz CT molecular complexity index is 1130. The average Bonchev–Trinajstić information content (AvgIpc) is 3.30. The number of hydrogen-bond acceptors (Lipinski definition) is 8. The van der Waals surface area contributed by atoms with Crippen molar-refractivity contribution in [2.45, 2.75) is 221 Å². The first-order valence-corrected chi connectivity index (χ1v) is 27.8. The maximum Gasteiger partial charge on any atom is 0.243 e. The number of amides is 4. The Morgan fingerprint density at radius 1 is 0.439 bits per heavy atom. The molecule has 386 valence electrons. The molecular weight excluding hydrogens is 829 g/mol. The second-order valence-corrected chi connectivity index (χ2v) is 20.3. The summed E-state index contributed by atoms with van der Waals surface area (Å²) in [5.41, 5.74) is 0. The number of nitrogens with one attached hydrogen (secondary N) is 2. The normalized spacial score (nSPS) is 15.8. The monoisotopic (exact) mass is 933 g/mol. The topological polar surface area (TPSA) is 124 Å². The van der Waals surface area contributed by atoms with Gasteiger partial charge >= 0.3 is 0 Å². The molecule has 2 N–H and O–H groups in total. The first-order valence-electron chi connectivity index (χ1n) is 27.8. The van der Waals surface area contributed by atoms with Gasteiger partial charge in [-0.3, -0.25) is 29.0 Å². The van der Waals surface area contributed by atoms with Crippen LogP contribution in [-0.2, 0) is 28.7 Å². The van der Waals surface area contributed by atoms with E-state index in [1.54, 1.807) is 0 Å². The highest BCUT2D eigenvalue weighted by Crippen LogP contribution is 2.19. The van der Waals surface area contributed by atoms with Crippen molar-refractivity contribution in [3.8, 4) is 0 Å². The van der Waals surface area contributed by atoms with Crippen LogP contribution in [0.2, 0.25) is 0 Å². The van der Waals surface area contributed by atoms with Gasteiger partial charge in [-0.05, 0) is 50.4 Å². The van der Waals surface area contributed by atoms with E-state index in [2.05, 4.69) is 62.0 Å². The van der Waals surface area contributed by atoms with E-state index in [1.165, 1.54) is 89.9 Å². The Kier molecular flexibility index (Phi) is 35.9. The summed E-state index contributed by atoms with van der Waals surface area (Å²) >= 11 is 0. The molecule has 2 atom stereocenters. The summed E-state index contributed by atoms with van der Waals surface area (Å²) in [5, 5.41) is 6.40. The lowest BCUT2D eigenvalue weighted by molar-refractivity contribution is -0.142. The van der Waals surface area contributed by atoms with Gasteiger partial charge in [0.1, 0.15) is 12.1 Å². The number of carbonyl (C=O) groups excluding carboxylic acids is 4. The van der Waals surface area contributed by atoms with Crippen LogP contribution < -0.4 is 10.6 Å². The van der Waals surface area contributed by atoms with Crippen molar-refractivity contribution in [3.05, 3.63) is 0 Å². The van der Waals surface area contributed by atoms with Crippen LogP contribution in [0.5, 0.6) is 0 Å². The molecule has 0 aromatic rings. The Morgan fingerprint density at radius 2 is 0.742 bits per heavy atom. The second-order valence-electron chi connectivity index (χ2n) is 20.3. The maximum atomic E-state index is 13.8. The first-order chi connectivity index (χ1) is 32.1. The van der Waals surface area contributed by atoms with Gasteiger partial charge in [0.15, 0.2) is 0 Å². The Morgan fingerprint density at radius 3 is 1.06 bits per heavy atom. The van der Waals surface area contributed by atoms with Gasteiger partial charge < -0.3 is 29.9 Å². The molecule has 66 heavy (non-hydrogen) atoms. The number of hydrogen-bond donors (Lipinski definition) is 2. The van der Waals surface area contributed by atoms with Crippen molar-refractivity contribution >= 4 is 23.6 Å². The van der Waals surface area contributed by atoms with E-state index in [1.807, 2.05) is 9.80 Å². The standard InChI is InChI=1S/C54H104N6O6/c1-7-9-11-13-15-17-19-21-25-31-49(61)59(37-29-35-57-39-43-65-44-40-57)51(47(3)4)53(63)55-33-27-23-24-28-34-56-54(64)52(48(5)6)60(38-30-36-58-41-45-66-46-42-58)50(62)32-26-22-20-18-16-14-12-10-8-2/h47-48,51-52H,7-46H2,1-6H3,(H,55,63)(H,56,64). The molecule has 12 nitrogen and oxygen atoms in total. The largest absolute Gasteiger partial charge is 0.379 e. The zero-order valence-electron chi connectivity index (χ0n) is 43.8. The molecule has 2 saturated heterocycles. The molecule has 2 rings (SSSR count). The Labute approximate surface area is 405 Å². The average molecular weight is 933 g/mol. The second kappa shape index (κ2) is 39.6. The van der Waals surface area contributed by atoms with E-state index < -0.39 is 12.1 Å². The molecule has 0 aliphatic carbocycles. The van der Waals surface area contributed by atoms with Crippen LogP contribution >= 0.6 is 0 Å². The summed E-state index contributed by atoms with van der Waals surface area (Å²) in [4.78, 5) is 63.9. The first kappa shape index (κ1) is 59.8. The third-order valence-corrected chi connectivity index (χ3v) is 13.8. The van der Waals surface area contributed by atoms with Gasteiger partial charge in [-0.1, -0.05) is 157 Å². The van der Waals surface area contributed by atoms with E-state index in [0.717, 1.165) is 130 Å². The molecule has 12 heteroatoms. The zero-order valence-corrected chi connectivity index (χ0v) is 43.8. The molecular formula is C54H104N6O6. The van der Waals surface area contributed by atoms with E-state index in [9.17, 15) is 19.2 Å². The highest BCUT2D eigenvalue weighted by Gasteiger charge is 2.33. The van der Waals surface area contributed by atoms with Crippen molar-refractivity contribution in [2.75, 3.05) is 91.9 Å². The van der Waals surface area contributed by atoms with Gasteiger partial charge in [0.05, 0.1) is 26.4 Å². The third kappa shape index (κ3) is 27.6. The van der Waals surface area contributed by atoms with Gasteiger partial charge in [0.2, 0.25) is 23.6 Å². The van der Waals surface area contributed by atoms with Gasteiger partial charge in [-0.2, -0.15) is 0 Å². The van der Waals surface area contributed by atoms with Crippen LogP contribution in [0, 0.1) is 11.8 Å². The molecule has 0 radical (unpaired) electrons. The quantitative estimate of drug-likeness (QED) is 0.0582. The molecule has 4 amide bonds. The lowest BCUT2D eigenvalue weighted by Gasteiger charge is -2.35. The zero-order chi connectivity index (χ0) is 48.0. The molecule has 2 fully saturated rings. The molecule has 2 aliphatic heterocycles. The van der Waals surface area contributed by atoms with Crippen LogP contribution in [0.3, 0.4) is 0 Å². The van der Waals surface area contributed by atoms with Crippen LogP contribution in [0.25, 0.3) is 0 Å². The summed E-state index contributed by atoms with van der Waals surface area (Å²) in [5.74, 6) is 0.121. The lowest BCUT2D eigenvalue weighted by Crippen LogP contribution is -2.53. The number of morpholine rings is 2. The summed E-state index contributed by atoms with van der Waals surface area (Å²) in [6.45, 7) is 23.5. The number of nitrogens with zero attached hydrogens (tertiary/aromatic N) is 4. The molecule has 2 aliphatic rings. The minimum atomic E-state index is -0.485. The summed E-state index contributed by atoms with van der Waals surface area (Å²) in [6, 6.07) is -0.971. The third-order valence-electron chi connectivity index (χ3n) is 13.8. The molecule has 0 aromatic carbocycles. The van der Waals surface area contributed by atoms with Crippen LogP contribution in [0.15, 0.2) is 0 Å². The van der Waals surface area contributed by atoms with Gasteiger partial charge in [-0.15, -0.1) is 0 Å². The minimum Gasteiger partial charge on any atom is -0.379 e. The fraction of sp³-hybridized carbons (Fsp3) is 0.926. The smallest absolute Gasteiger partial charge is 0.243 e. The molecule has 0 bridgehead atoms. The molecule has 0 aromatic heterocycles. The number of ether oxygens (including phenoxy) is 2. The predicted octanol–water partition coefficient (Wildman–Crippen LogP) is 9.77. The van der Waals surface area contributed by atoms with E-state index >= 15 is 0 Å². The van der Waals surface area contributed by atoms with Gasteiger partial charge in [-0.25, -0.2) is 0 Å². The summed E-state index contributed by atoms with van der Waals surface area (Å²) in [6.07, 6.45) is 28.0. The van der Waals surface area contributed by atoms with Gasteiger partial charge in [0, 0.05) is 78.3 Å². The van der Waals surface area contributed by atoms with Gasteiger partial charge in [0.25, 0.3) is 0 Å². The van der Waals surface area contributed by atoms with Crippen molar-refractivity contribution < 1.29 is 28.7 Å². The fourth-order valence-corrected chi connectivity index (χ4v) is 9.72. The number of carbonyl (C=O) groups is 4. The Hall–Kier alpha value is -2.28.